The minimum Gasteiger partial charge on any atom is -0.467 e. The second-order valence-electron chi connectivity index (χ2n) is 8.73. The van der Waals surface area contributed by atoms with Gasteiger partial charge < -0.3 is 14.2 Å². The van der Waals surface area contributed by atoms with Crippen molar-refractivity contribution >= 4 is 11.8 Å². The fourth-order valence-electron chi connectivity index (χ4n) is 4.14. The van der Waals surface area contributed by atoms with Gasteiger partial charge in [0, 0.05) is 18.5 Å². The number of hydrogen-bond donors (Lipinski definition) is 0. The van der Waals surface area contributed by atoms with Crippen LogP contribution in [0.15, 0.2) is 83.5 Å². The van der Waals surface area contributed by atoms with Crippen molar-refractivity contribution in [2.45, 2.75) is 45.3 Å². The molecule has 0 aliphatic heterocycles. The minimum atomic E-state index is -0.0794. The van der Waals surface area contributed by atoms with Gasteiger partial charge in [-0.25, -0.2) is 0 Å². The van der Waals surface area contributed by atoms with Crippen LogP contribution in [0, 0.1) is 5.92 Å². The van der Waals surface area contributed by atoms with Crippen molar-refractivity contribution in [2.75, 3.05) is 6.54 Å². The fourth-order valence-corrected chi connectivity index (χ4v) is 4.14. The molecule has 1 aliphatic carbocycles. The Morgan fingerprint density at radius 2 is 1.62 bits per heavy atom. The highest BCUT2D eigenvalue weighted by Crippen LogP contribution is 2.48. The van der Waals surface area contributed by atoms with E-state index >= 15 is 0 Å². The summed E-state index contributed by atoms with van der Waals surface area (Å²) in [6.45, 7) is 4.85. The fraction of sp³-hybridized carbons (Fsp3) is 0.333. The maximum absolute atomic E-state index is 13.4. The molecule has 5 heteroatoms. The second kappa shape index (κ2) is 9.86. The first-order valence-electron chi connectivity index (χ1n) is 11.2. The predicted octanol–water partition coefficient (Wildman–Crippen LogP) is 4.85. The summed E-state index contributed by atoms with van der Waals surface area (Å²) in [6, 6.07) is 23.7. The molecule has 1 aliphatic rings. The Morgan fingerprint density at radius 1 is 0.938 bits per heavy atom. The summed E-state index contributed by atoms with van der Waals surface area (Å²) in [5, 5.41) is 0. The summed E-state index contributed by atoms with van der Waals surface area (Å²) in [5.41, 5.74) is 2.24. The Bertz CT molecular complexity index is 1020. The van der Waals surface area contributed by atoms with Crippen LogP contribution in [-0.4, -0.2) is 34.2 Å². The van der Waals surface area contributed by atoms with Gasteiger partial charge in [-0.2, -0.15) is 0 Å². The summed E-state index contributed by atoms with van der Waals surface area (Å²) >= 11 is 0. The van der Waals surface area contributed by atoms with Crippen LogP contribution in [-0.2, 0) is 22.7 Å². The number of hydrogen-bond acceptors (Lipinski definition) is 3. The molecule has 32 heavy (non-hydrogen) atoms. The van der Waals surface area contributed by atoms with Gasteiger partial charge in [0.25, 0.3) is 0 Å². The van der Waals surface area contributed by atoms with Crippen LogP contribution < -0.4 is 0 Å². The van der Waals surface area contributed by atoms with Crippen LogP contribution in [0.1, 0.15) is 43.1 Å². The molecule has 5 nitrogen and oxygen atoms in total. The molecule has 0 radical (unpaired) electrons. The SMILES string of the molecule is CC(C)N(CC(=O)N(Cc1ccccc1)Cc1ccco1)C(=O)C1C[C@H]1c1ccccc1. The molecular weight excluding hydrogens is 400 g/mol. The molecule has 2 amide bonds. The van der Waals surface area contributed by atoms with Crippen molar-refractivity contribution in [1.29, 1.82) is 0 Å². The molecule has 4 rings (SSSR count). The molecular formula is C27H30N2O3. The van der Waals surface area contributed by atoms with Gasteiger partial charge in [-0.3, -0.25) is 9.59 Å². The van der Waals surface area contributed by atoms with Gasteiger partial charge >= 0.3 is 0 Å². The van der Waals surface area contributed by atoms with Crippen molar-refractivity contribution in [1.82, 2.24) is 9.80 Å². The van der Waals surface area contributed by atoms with E-state index in [0.29, 0.717) is 13.1 Å². The Labute approximate surface area is 189 Å². The van der Waals surface area contributed by atoms with E-state index in [-0.39, 0.29) is 36.2 Å². The van der Waals surface area contributed by atoms with Crippen LogP contribution in [0.2, 0.25) is 0 Å². The van der Waals surface area contributed by atoms with E-state index in [9.17, 15) is 9.59 Å². The smallest absolute Gasteiger partial charge is 0.242 e. The summed E-state index contributed by atoms with van der Waals surface area (Å²) in [6.07, 6.45) is 2.46. The Hall–Kier alpha value is -3.34. The molecule has 3 aromatic rings. The largest absolute Gasteiger partial charge is 0.467 e. The lowest BCUT2D eigenvalue weighted by Crippen LogP contribution is -2.46. The van der Waals surface area contributed by atoms with Gasteiger partial charge in [-0.15, -0.1) is 0 Å². The Kier molecular flexibility index (Phi) is 6.74. The van der Waals surface area contributed by atoms with Crippen molar-refractivity contribution in [3.8, 4) is 0 Å². The molecule has 0 N–H and O–H groups in total. The molecule has 2 aromatic carbocycles. The number of carbonyl (C=O) groups excluding carboxylic acids is 2. The first-order valence-corrected chi connectivity index (χ1v) is 11.2. The monoisotopic (exact) mass is 430 g/mol. The maximum Gasteiger partial charge on any atom is 0.242 e. The first-order chi connectivity index (χ1) is 15.5. The zero-order valence-corrected chi connectivity index (χ0v) is 18.7. The molecule has 0 bridgehead atoms. The Morgan fingerprint density at radius 3 is 2.25 bits per heavy atom. The zero-order valence-electron chi connectivity index (χ0n) is 18.7. The lowest BCUT2D eigenvalue weighted by Gasteiger charge is -2.30. The number of benzene rings is 2. The number of carbonyl (C=O) groups is 2. The number of rotatable bonds is 9. The lowest BCUT2D eigenvalue weighted by atomic mass is 10.1. The van der Waals surface area contributed by atoms with Gasteiger partial charge in [-0.05, 0) is 49.4 Å². The van der Waals surface area contributed by atoms with Gasteiger partial charge in [0.05, 0.1) is 12.8 Å². The first kappa shape index (κ1) is 21.9. The van der Waals surface area contributed by atoms with Gasteiger partial charge in [0.2, 0.25) is 11.8 Å². The minimum absolute atomic E-state index is 0.0414. The normalized spacial score (nSPS) is 17.2. The van der Waals surface area contributed by atoms with Gasteiger partial charge in [-0.1, -0.05) is 60.7 Å². The third-order valence-electron chi connectivity index (χ3n) is 6.04. The molecule has 0 saturated heterocycles. The van der Waals surface area contributed by atoms with Crippen molar-refractivity contribution in [2.24, 2.45) is 5.92 Å². The van der Waals surface area contributed by atoms with Crippen LogP contribution in [0.4, 0.5) is 0 Å². The third-order valence-corrected chi connectivity index (χ3v) is 6.04. The lowest BCUT2D eigenvalue weighted by molar-refractivity contribution is -0.143. The van der Waals surface area contributed by atoms with Gasteiger partial charge in [0.1, 0.15) is 12.3 Å². The summed E-state index contributed by atoms with van der Waals surface area (Å²) in [4.78, 5) is 30.2. The molecule has 166 valence electrons. The van der Waals surface area contributed by atoms with Crippen molar-refractivity contribution in [3.63, 3.8) is 0 Å². The third kappa shape index (κ3) is 5.28. The number of nitrogens with zero attached hydrogens (tertiary/aromatic N) is 2. The van der Waals surface area contributed by atoms with E-state index in [1.807, 2.05) is 74.5 Å². The van der Waals surface area contributed by atoms with Gasteiger partial charge in [0.15, 0.2) is 0 Å². The van der Waals surface area contributed by atoms with Crippen LogP contribution in [0.25, 0.3) is 0 Å². The highest BCUT2D eigenvalue weighted by Gasteiger charge is 2.46. The standard InChI is InChI=1S/C27H30N2O3/c1-20(2)29(27(31)25-16-24(25)22-12-7-4-8-13-22)19-26(30)28(18-23-14-9-15-32-23)17-21-10-5-3-6-11-21/h3-15,20,24-25H,16-19H2,1-2H3/t24-,25?/m0/s1. The zero-order chi connectivity index (χ0) is 22.5. The molecule has 2 atom stereocenters. The molecule has 0 spiro atoms. The molecule has 1 unspecified atom stereocenters. The van der Waals surface area contributed by atoms with Crippen LogP contribution >= 0.6 is 0 Å². The van der Waals surface area contributed by atoms with Crippen LogP contribution in [0.3, 0.4) is 0 Å². The number of amides is 2. The molecule has 1 fully saturated rings. The van der Waals surface area contributed by atoms with Crippen LogP contribution in [0.5, 0.6) is 0 Å². The molecule has 1 heterocycles. The highest BCUT2D eigenvalue weighted by molar-refractivity contribution is 5.88. The van der Waals surface area contributed by atoms with E-state index in [0.717, 1.165) is 17.7 Å². The van der Waals surface area contributed by atoms with Crippen molar-refractivity contribution in [3.05, 3.63) is 95.9 Å². The average Bonchev–Trinajstić information content (AvgIpc) is 3.45. The molecule has 1 saturated carbocycles. The van der Waals surface area contributed by atoms with E-state index in [4.69, 9.17) is 4.42 Å². The average molecular weight is 431 g/mol. The summed E-state index contributed by atoms with van der Waals surface area (Å²) in [5.74, 6) is 0.927. The highest BCUT2D eigenvalue weighted by atomic mass is 16.3. The topological polar surface area (TPSA) is 53.8 Å². The summed E-state index contributed by atoms with van der Waals surface area (Å²) in [7, 11) is 0. The molecule has 1 aromatic heterocycles. The van der Waals surface area contributed by atoms with E-state index in [1.54, 1.807) is 16.1 Å². The second-order valence-corrected chi connectivity index (χ2v) is 8.73. The quantitative estimate of drug-likeness (QED) is 0.488. The Balaban J connectivity index is 1.46. The van der Waals surface area contributed by atoms with E-state index in [1.165, 1.54) is 5.56 Å². The van der Waals surface area contributed by atoms with E-state index < -0.39 is 0 Å². The van der Waals surface area contributed by atoms with Crippen molar-refractivity contribution < 1.29 is 14.0 Å². The predicted molar refractivity (Wildman–Crippen MR) is 124 cm³/mol. The van der Waals surface area contributed by atoms with E-state index in [2.05, 4.69) is 12.1 Å². The number of furan rings is 1. The maximum atomic E-state index is 13.4. The summed E-state index contributed by atoms with van der Waals surface area (Å²) < 4.78 is 5.49.